The van der Waals surface area contributed by atoms with E-state index in [-0.39, 0.29) is 28.7 Å². The van der Waals surface area contributed by atoms with Crippen LogP contribution < -0.4 is 11.1 Å². The highest BCUT2D eigenvalue weighted by molar-refractivity contribution is 5.97. The van der Waals surface area contributed by atoms with E-state index in [1.165, 1.54) is 12.5 Å². The third kappa shape index (κ3) is 3.58. The molecule has 4 aromatic rings. The van der Waals surface area contributed by atoms with E-state index in [0.29, 0.717) is 31.1 Å². The van der Waals surface area contributed by atoms with Crippen molar-refractivity contribution in [3.63, 3.8) is 0 Å². The van der Waals surface area contributed by atoms with E-state index in [1.807, 2.05) is 29.7 Å². The standard InChI is InChI=1S/C22H23N7O3/c1-13-9-25-15-4-3-14(10-29(13)15)16-17(21-24-6-8-32-21)28-19(23)18(27-16)20(30)26-11-22(2)5-7-31-12-22/h3-4,6,8-10H,5,7,11-12H2,1-2H3,(H2,23,28)(H,26,30). The number of oxazole rings is 1. The summed E-state index contributed by atoms with van der Waals surface area (Å²) in [7, 11) is 0. The number of nitrogens with one attached hydrogen (secondary N) is 1. The molecule has 0 saturated carbocycles. The summed E-state index contributed by atoms with van der Waals surface area (Å²) >= 11 is 0. The van der Waals surface area contributed by atoms with Crippen LogP contribution in [0.2, 0.25) is 0 Å². The second-order valence-corrected chi connectivity index (χ2v) is 8.33. The van der Waals surface area contributed by atoms with E-state index in [9.17, 15) is 4.79 Å². The van der Waals surface area contributed by atoms with Crippen LogP contribution in [0.4, 0.5) is 5.82 Å². The molecular formula is C22H23N7O3. The number of nitrogens with two attached hydrogens (primary N) is 1. The van der Waals surface area contributed by atoms with Crippen molar-refractivity contribution in [2.75, 3.05) is 25.5 Å². The molecule has 1 amide bonds. The summed E-state index contributed by atoms with van der Waals surface area (Å²) in [5.41, 5.74) is 9.39. The van der Waals surface area contributed by atoms with Crippen LogP contribution in [-0.4, -0.2) is 50.0 Å². The lowest BCUT2D eigenvalue weighted by Crippen LogP contribution is -2.37. The lowest BCUT2D eigenvalue weighted by atomic mass is 9.90. The predicted molar refractivity (Wildman–Crippen MR) is 117 cm³/mol. The monoisotopic (exact) mass is 433 g/mol. The fourth-order valence-electron chi connectivity index (χ4n) is 3.77. The molecule has 32 heavy (non-hydrogen) atoms. The highest BCUT2D eigenvalue weighted by Gasteiger charge is 2.31. The summed E-state index contributed by atoms with van der Waals surface area (Å²) in [4.78, 5) is 30.6. The third-order valence-electron chi connectivity index (χ3n) is 5.71. The minimum atomic E-state index is -0.386. The molecule has 10 heteroatoms. The van der Waals surface area contributed by atoms with E-state index < -0.39 is 0 Å². The number of carbonyl (C=O) groups excluding carboxylic acids is 1. The molecule has 164 valence electrons. The fourth-order valence-corrected chi connectivity index (χ4v) is 3.77. The largest absolute Gasteiger partial charge is 0.443 e. The van der Waals surface area contributed by atoms with Crippen LogP contribution in [0.15, 0.2) is 41.4 Å². The molecule has 1 unspecified atom stereocenters. The van der Waals surface area contributed by atoms with E-state index in [4.69, 9.17) is 14.9 Å². The average Bonchev–Trinajstić information content (AvgIpc) is 3.54. The Morgan fingerprint density at radius 3 is 2.91 bits per heavy atom. The van der Waals surface area contributed by atoms with Crippen molar-refractivity contribution in [3.05, 3.63) is 48.4 Å². The normalized spacial score (nSPS) is 18.3. The summed E-state index contributed by atoms with van der Waals surface area (Å²) in [6, 6.07) is 3.74. The maximum Gasteiger partial charge on any atom is 0.273 e. The summed E-state index contributed by atoms with van der Waals surface area (Å²) in [5.74, 6) is -0.111. The van der Waals surface area contributed by atoms with Gasteiger partial charge in [-0.25, -0.2) is 19.9 Å². The number of nitrogens with zero attached hydrogens (tertiary/aromatic N) is 5. The molecule has 0 aromatic carbocycles. The summed E-state index contributed by atoms with van der Waals surface area (Å²) in [5, 5.41) is 2.93. The van der Waals surface area contributed by atoms with Crippen LogP contribution in [-0.2, 0) is 4.74 Å². The zero-order valence-electron chi connectivity index (χ0n) is 17.8. The zero-order chi connectivity index (χ0) is 22.3. The molecule has 5 rings (SSSR count). The second-order valence-electron chi connectivity index (χ2n) is 8.33. The molecule has 1 fully saturated rings. The third-order valence-corrected chi connectivity index (χ3v) is 5.71. The minimum absolute atomic E-state index is 0.00663. The number of hydrogen-bond acceptors (Lipinski definition) is 8. The number of nitrogen functional groups attached to an aromatic ring is 1. The molecule has 1 saturated heterocycles. The molecule has 0 bridgehead atoms. The quantitative estimate of drug-likeness (QED) is 0.490. The topological polar surface area (TPSA) is 133 Å². The van der Waals surface area contributed by atoms with Gasteiger partial charge in [0.2, 0.25) is 5.89 Å². The molecule has 10 nitrogen and oxygen atoms in total. The lowest BCUT2D eigenvalue weighted by molar-refractivity contribution is 0.0920. The van der Waals surface area contributed by atoms with Crippen molar-refractivity contribution >= 4 is 17.4 Å². The second kappa shape index (κ2) is 7.72. The molecular weight excluding hydrogens is 410 g/mol. The van der Waals surface area contributed by atoms with Gasteiger partial charge in [-0.3, -0.25) is 4.79 Å². The number of fused-ring (bicyclic) bond motifs is 1. The Labute approximate surface area is 183 Å². The van der Waals surface area contributed by atoms with E-state index in [1.54, 1.807) is 6.20 Å². The van der Waals surface area contributed by atoms with Gasteiger partial charge in [0, 0.05) is 42.2 Å². The number of aromatic nitrogens is 5. The van der Waals surface area contributed by atoms with Gasteiger partial charge in [-0.2, -0.15) is 0 Å². The maximum absolute atomic E-state index is 13.0. The van der Waals surface area contributed by atoms with Crippen molar-refractivity contribution in [2.24, 2.45) is 5.41 Å². The Kier molecular flexibility index (Phi) is 4.86. The number of amides is 1. The van der Waals surface area contributed by atoms with E-state index in [0.717, 1.165) is 23.3 Å². The minimum Gasteiger partial charge on any atom is -0.443 e. The molecule has 0 radical (unpaired) electrons. The first-order valence-electron chi connectivity index (χ1n) is 10.3. The number of aryl methyl sites for hydroxylation is 1. The number of rotatable bonds is 5. The van der Waals surface area contributed by atoms with Gasteiger partial charge in [0.15, 0.2) is 17.2 Å². The van der Waals surface area contributed by atoms with Crippen molar-refractivity contribution in [1.29, 1.82) is 0 Å². The van der Waals surface area contributed by atoms with Crippen LogP contribution in [0.3, 0.4) is 0 Å². The maximum atomic E-state index is 13.0. The number of pyridine rings is 1. The number of imidazole rings is 1. The zero-order valence-corrected chi connectivity index (χ0v) is 17.8. The van der Waals surface area contributed by atoms with Gasteiger partial charge in [0.05, 0.1) is 12.8 Å². The Balaban J connectivity index is 1.57. The highest BCUT2D eigenvalue weighted by atomic mass is 16.5. The van der Waals surface area contributed by atoms with Gasteiger partial charge in [0.1, 0.15) is 17.6 Å². The number of ether oxygens (including phenoxy) is 1. The van der Waals surface area contributed by atoms with Gasteiger partial charge in [0.25, 0.3) is 5.91 Å². The summed E-state index contributed by atoms with van der Waals surface area (Å²) < 4.78 is 12.9. The number of anilines is 1. The molecule has 1 aliphatic rings. The molecule has 0 aliphatic carbocycles. The van der Waals surface area contributed by atoms with Crippen LogP contribution in [0.25, 0.3) is 28.5 Å². The smallest absolute Gasteiger partial charge is 0.273 e. The van der Waals surface area contributed by atoms with Crippen LogP contribution in [0, 0.1) is 12.3 Å². The lowest BCUT2D eigenvalue weighted by Gasteiger charge is -2.22. The summed E-state index contributed by atoms with van der Waals surface area (Å²) in [6.45, 7) is 5.80. The first-order chi connectivity index (χ1) is 15.4. The van der Waals surface area contributed by atoms with E-state index >= 15 is 0 Å². The highest BCUT2D eigenvalue weighted by Crippen LogP contribution is 2.31. The van der Waals surface area contributed by atoms with Crippen LogP contribution >= 0.6 is 0 Å². The Morgan fingerprint density at radius 2 is 2.16 bits per heavy atom. The molecule has 1 aliphatic heterocycles. The van der Waals surface area contributed by atoms with Crippen LogP contribution in [0.1, 0.15) is 29.5 Å². The van der Waals surface area contributed by atoms with Gasteiger partial charge in [-0.1, -0.05) is 6.92 Å². The first kappa shape index (κ1) is 20.1. The van der Waals surface area contributed by atoms with Crippen LogP contribution in [0.5, 0.6) is 0 Å². The van der Waals surface area contributed by atoms with E-state index in [2.05, 4.69) is 32.2 Å². The van der Waals surface area contributed by atoms with Gasteiger partial charge < -0.3 is 24.6 Å². The SMILES string of the molecule is Cc1cnc2ccc(-c3nc(C(=O)NCC4(C)CCOC4)c(N)nc3-c3ncco3)cn12. The van der Waals surface area contributed by atoms with Gasteiger partial charge in [-0.05, 0) is 25.5 Å². The van der Waals surface area contributed by atoms with Crippen molar-refractivity contribution < 1.29 is 13.9 Å². The predicted octanol–water partition coefficient (Wildman–Crippen LogP) is 2.49. The first-order valence-corrected chi connectivity index (χ1v) is 10.3. The number of hydrogen-bond donors (Lipinski definition) is 2. The fraction of sp³-hybridized carbons (Fsp3) is 0.318. The van der Waals surface area contributed by atoms with Crippen molar-refractivity contribution in [3.8, 4) is 22.8 Å². The Hall–Kier alpha value is -3.79. The van der Waals surface area contributed by atoms with Gasteiger partial charge in [-0.15, -0.1) is 0 Å². The molecule has 3 N–H and O–H groups in total. The Bertz CT molecular complexity index is 1290. The average molecular weight is 433 g/mol. The van der Waals surface area contributed by atoms with Crippen molar-refractivity contribution in [1.82, 2.24) is 29.7 Å². The van der Waals surface area contributed by atoms with Gasteiger partial charge >= 0.3 is 0 Å². The molecule has 5 heterocycles. The van der Waals surface area contributed by atoms with Crippen molar-refractivity contribution in [2.45, 2.75) is 20.3 Å². The molecule has 4 aromatic heterocycles. The molecule has 0 spiro atoms. The molecule has 1 atom stereocenters. The summed E-state index contributed by atoms with van der Waals surface area (Å²) in [6.07, 6.45) is 7.53. The Morgan fingerprint density at radius 1 is 1.28 bits per heavy atom. The number of carbonyl (C=O) groups is 1.